The van der Waals surface area contributed by atoms with Crippen LogP contribution in [0.15, 0.2) is 11.6 Å². The molecule has 11 heteroatoms. The van der Waals surface area contributed by atoms with E-state index < -0.39 is 53.8 Å². The molecule has 174 valence electrons. The van der Waals surface area contributed by atoms with Gasteiger partial charge in [-0.1, -0.05) is 19.4 Å². The van der Waals surface area contributed by atoms with E-state index in [1.54, 1.807) is 13.0 Å². The second-order valence-corrected chi connectivity index (χ2v) is 9.91. The van der Waals surface area contributed by atoms with Crippen LogP contribution in [-0.2, 0) is 28.9 Å². The van der Waals surface area contributed by atoms with Gasteiger partial charge in [-0.3, -0.25) is 9.35 Å². The van der Waals surface area contributed by atoms with Crippen LogP contribution < -0.4 is 0 Å². The van der Waals surface area contributed by atoms with Gasteiger partial charge in [0.05, 0.1) is 12.7 Å². The van der Waals surface area contributed by atoms with E-state index in [1.807, 2.05) is 20.8 Å². The van der Waals surface area contributed by atoms with Crippen molar-refractivity contribution >= 4 is 16.2 Å². The average molecular weight is 453 g/mol. The summed E-state index contributed by atoms with van der Waals surface area (Å²) in [7, 11) is -4.77. The maximum Gasteiger partial charge on any atom is 0.397 e. The third kappa shape index (κ3) is 6.54. The zero-order chi connectivity index (χ0) is 22.9. The third-order valence-corrected chi connectivity index (χ3v) is 6.22. The monoisotopic (exact) mass is 452 g/mol. The molecule has 0 radical (unpaired) electrons. The highest BCUT2D eigenvalue weighted by Gasteiger charge is 2.45. The molecule has 0 aromatic heterocycles. The van der Waals surface area contributed by atoms with Gasteiger partial charge in [0.15, 0.2) is 12.1 Å². The molecule has 1 aliphatic carbocycles. The van der Waals surface area contributed by atoms with Crippen LogP contribution >= 0.6 is 0 Å². The van der Waals surface area contributed by atoms with Gasteiger partial charge in [-0.15, -0.1) is 0 Å². The van der Waals surface area contributed by atoms with Crippen molar-refractivity contribution in [3.05, 3.63) is 11.6 Å². The lowest BCUT2D eigenvalue weighted by atomic mass is 9.66. The Morgan fingerprint density at radius 3 is 2.43 bits per heavy atom. The SMILES string of the molecule is CC1=CC(=O)CC(C)(C)[C@H]1CC[C@@H](C)O[C@@H]1O[C@H](COS(=O)(=O)O)[C@@H](O)[C@H](O)[C@H]1O. The minimum atomic E-state index is -4.77. The van der Waals surface area contributed by atoms with Crippen molar-refractivity contribution in [3.8, 4) is 0 Å². The van der Waals surface area contributed by atoms with Crippen LogP contribution in [0.2, 0.25) is 0 Å². The van der Waals surface area contributed by atoms with Crippen molar-refractivity contribution in [3.63, 3.8) is 0 Å². The fraction of sp³-hybridized carbons (Fsp3) is 0.842. The van der Waals surface area contributed by atoms with Crippen molar-refractivity contribution in [1.29, 1.82) is 0 Å². The lowest BCUT2D eigenvalue weighted by Gasteiger charge is -2.41. The number of rotatable bonds is 8. The van der Waals surface area contributed by atoms with E-state index in [1.165, 1.54) is 0 Å². The van der Waals surface area contributed by atoms with E-state index in [-0.39, 0.29) is 17.1 Å². The number of carbonyl (C=O) groups excluding carboxylic acids is 1. The van der Waals surface area contributed by atoms with Crippen LogP contribution in [0.25, 0.3) is 0 Å². The molecular weight excluding hydrogens is 420 g/mol. The van der Waals surface area contributed by atoms with Crippen LogP contribution in [0.4, 0.5) is 0 Å². The van der Waals surface area contributed by atoms with Crippen LogP contribution in [0.3, 0.4) is 0 Å². The highest BCUT2D eigenvalue weighted by Crippen LogP contribution is 2.42. The van der Waals surface area contributed by atoms with Crippen molar-refractivity contribution in [1.82, 2.24) is 0 Å². The summed E-state index contributed by atoms with van der Waals surface area (Å²) in [6, 6.07) is 0. The average Bonchev–Trinajstić information content (AvgIpc) is 2.58. The Morgan fingerprint density at radius 2 is 1.87 bits per heavy atom. The highest BCUT2D eigenvalue weighted by atomic mass is 32.3. The van der Waals surface area contributed by atoms with E-state index >= 15 is 0 Å². The second kappa shape index (κ2) is 9.70. The zero-order valence-electron chi connectivity index (χ0n) is 17.6. The van der Waals surface area contributed by atoms with Crippen LogP contribution in [-0.4, -0.2) is 77.5 Å². The molecule has 0 unspecified atom stereocenters. The zero-order valence-corrected chi connectivity index (χ0v) is 18.4. The smallest absolute Gasteiger partial charge is 0.387 e. The molecule has 1 saturated heterocycles. The largest absolute Gasteiger partial charge is 0.397 e. The Morgan fingerprint density at radius 1 is 1.23 bits per heavy atom. The molecule has 0 aromatic carbocycles. The Bertz CT molecular complexity index is 746. The quantitative estimate of drug-likeness (QED) is 0.379. The number of hydrogen-bond acceptors (Lipinski definition) is 9. The van der Waals surface area contributed by atoms with Crippen molar-refractivity contribution in [2.45, 2.75) is 83.8 Å². The molecule has 0 bridgehead atoms. The Labute approximate surface area is 176 Å². The standard InChI is InChI=1S/C19H32O10S/c1-10-7-12(20)8-19(3,4)13(10)6-5-11(2)28-18-17(23)16(22)15(21)14(29-18)9-27-30(24,25)26/h7,11,13-18,21-23H,5-6,8-9H2,1-4H3,(H,24,25,26)/t11-,13+,14-,15-,16+,17-,18-/m1/s1. The summed E-state index contributed by atoms with van der Waals surface area (Å²) in [6.07, 6.45) is -4.47. The third-order valence-electron chi connectivity index (χ3n) is 5.79. The van der Waals surface area contributed by atoms with Gasteiger partial charge in [-0.25, -0.2) is 4.18 Å². The number of aliphatic hydroxyl groups excluding tert-OH is 3. The minimum absolute atomic E-state index is 0.113. The predicted octanol–water partition coefficient (Wildman–Crippen LogP) is 0.360. The Kier molecular flexibility index (Phi) is 8.19. The molecule has 7 atom stereocenters. The summed E-state index contributed by atoms with van der Waals surface area (Å²) in [5, 5.41) is 30.1. The van der Waals surface area contributed by atoms with E-state index in [2.05, 4.69) is 4.18 Å². The predicted molar refractivity (Wildman–Crippen MR) is 105 cm³/mol. The lowest BCUT2D eigenvalue weighted by molar-refractivity contribution is -0.309. The molecule has 2 aliphatic rings. The molecular formula is C19H32O10S. The van der Waals surface area contributed by atoms with E-state index in [0.29, 0.717) is 12.8 Å². The Balaban J connectivity index is 1.96. The van der Waals surface area contributed by atoms with Gasteiger partial charge in [0.2, 0.25) is 0 Å². The first-order chi connectivity index (χ1) is 13.7. The summed E-state index contributed by atoms with van der Waals surface area (Å²) in [5.41, 5.74) is 0.827. The molecule has 1 fully saturated rings. The fourth-order valence-corrected chi connectivity index (χ4v) is 4.54. The van der Waals surface area contributed by atoms with Crippen LogP contribution in [0.5, 0.6) is 0 Å². The second-order valence-electron chi connectivity index (χ2n) is 8.82. The lowest BCUT2D eigenvalue weighted by Crippen LogP contribution is -2.59. The first kappa shape index (κ1) is 25.3. The Hall–Kier alpha value is -0.920. The summed E-state index contributed by atoms with van der Waals surface area (Å²) in [6.45, 7) is 7.02. The van der Waals surface area contributed by atoms with Gasteiger partial charge < -0.3 is 24.8 Å². The normalized spacial score (nSPS) is 35.7. The number of ether oxygens (including phenoxy) is 2. The molecule has 2 rings (SSSR count). The summed E-state index contributed by atoms with van der Waals surface area (Å²) in [5.74, 6) is 0.296. The van der Waals surface area contributed by atoms with Gasteiger partial charge in [0, 0.05) is 6.42 Å². The molecule has 1 heterocycles. The first-order valence-electron chi connectivity index (χ1n) is 9.89. The topological polar surface area (TPSA) is 160 Å². The van der Waals surface area contributed by atoms with Gasteiger partial charge >= 0.3 is 10.4 Å². The summed E-state index contributed by atoms with van der Waals surface area (Å²) >= 11 is 0. The van der Waals surface area contributed by atoms with E-state index in [4.69, 9.17) is 14.0 Å². The highest BCUT2D eigenvalue weighted by molar-refractivity contribution is 7.80. The van der Waals surface area contributed by atoms with Crippen molar-refractivity contribution in [2.75, 3.05) is 6.61 Å². The first-order valence-corrected chi connectivity index (χ1v) is 11.3. The summed E-state index contributed by atoms with van der Waals surface area (Å²) < 4.78 is 45.5. The van der Waals surface area contributed by atoms with E-state index in [9.17, 15) is 28.5 Å². The maximum atomic E-state index is 11.8. The summed E-state index contributed by atoms with van der Waals surface area (Å²) in [4.78, 5) is 11.8. The van der Waals surface area contributed by atoms with Gasteiger partial charge in [-0.2, -0.15) is 8.42 Å². The van der Waals surface area contributed by atoms with E-state index in [0.717, 1.165) is 12.0 Å². The molecule has 1 aliphatic heterocycles. The maximum absolute atomic E-state index is 11.8. The number of allylic oxidation sites excluding steroid dienone is 2. The van der Waals surface area contributed by atoms with Crippen molar-refractivity contribution < 1.29 is 46.7 Å². The molecule has 30 heavy (non-hydrogen) atoms. The van der Waals surface area contributed by atoms with Crippen LogP contribution in [0.1, 0.15) is 47.0 Å². The number of hydrogen-bond donors (Lipinski definition) is 4. The van der Waals surface area contributed by atoms with Gasteiger partial charge in [0.1, 0.15) is 24.4 Å². The number of ketones is 1. The fourth-order valence-electron chi connectivity index (χ4n) is 4.23. The molecule has 4 N–H and O–H groups in total. The van der Waals surface area contributed by atoms with Crippen LogP contribution in [0, 0.1) is 11.3 Å². The van der Waals surface area contributed by atoms with Gasteiger partial charge in [0.25, 0.3) is 0 Å². The number of carbonyl (C=O) groups is 1. The number of aliphatic hydroxyl groups is 3. The molecule has 0 spiro atoms. The van der Waals surface area contributed by atoms with Crippen molar-refractivity contribution in [2.24, 2.45) is 11.3 Å². The molecule has 10 nitrogen and oxygen atoms in total. The molecule has 0 amide bonds. The minimum Gasteiger partial charge on any atom is -0.387 e. The van der Waals surface area contributed by atoms with Gasteiger partial charge in [-0.05, 0) is 44.1 Å². The molecule has 0 saturated carbocycles. The molecule has 0 aromatic rings.